The van der Waals surface area contributed by atoms with Gasteiger partial charge in [0.05, 0.1) is 0 Å². The molecule has 0 aromatic carbocycles. The molecule has 5 N–H and O–H groups in total. The highest BCUT2D eigenvalue weighted by atomic mass is 16.3. The van der Waals surface area contributed by atoms with Crippen molar-refractivity contribution in [2.45, 2.75) is 58.0 Å². The molecule has 8 nitrogen and oxygen atoms in total. The predicted molar refractivity (Wildman–Crippen MR) is 117 cm³/mol. The molecule has 0 aliphatic heterocycles. The lowest BCUT2D eigenvalue weighted by molar-refractivity contribution is 0.0851. The average molecular weight is 422 g/mol. The van der Waals surface area contributed by atoms with E-state index in [0.717, 1.165) is 77.9 Å². The summed E-state index contributed by atoms with van der Waals surface area (Å²) < 4.78 is 0. The summed E-state index contributed by atoms with van der Waals surface area (Å²) in [7, 11) is 0. The third-order valence-electron chi connectivity index (χ3n) is 5.34. The van der Waals surface area contributed by atoms with Crippen LogP contribution in [0, 0.1) is 0 Å². The number of aliphatic hydroxyl groups is 5. The van der Waals surface area contributed by atoms with Crippen LogP contribution in [0.5, 0.6) is 0 Å². The van der Waals surface area contributed by atoms with Gasteiger partial charge in [0.25, 0.3) is 0 Å². The van der Waals surface area contributed by atoms with Gasteiger partial charge in [0.2, 0.25) is 0 Å². The van der Waals surface area contributed by atoms with Crippen LogP contribution in [0.2, 0.25) is 0 Å². The zero-order valence-electron chi connectivity index (χ0n) is 18.8. The Morgan fingerprint density at radius 3 is 1.24 bits per heavy atom. The van der Waals surface area contributed by atoms with Gasteiger partial charge in [0, 0.05) is 90.9 Å². The molecule has 0 aromatic heterocycles. The van der Waals surface area contributed by atoms with Gasteiger partial charge in [-0.25, -0.2) is 0 Å². The normalized spacial score (nSPS) is 14.3. The van der Waals surface area contributed by atoms with E-state index in [-0.39, 0.29) is 45.1 Å². The van der Waals surface area contributed by atoms with E-state index in [2.05, 4.69) is 28.5 Å². The summed E-state index contributed by atoms with van der Waals surface area (Å²) in [6.07, 6.45) is 3.61. The molecular weight excluding hydrogens is 374 g/mol. The van der Waals surface area contributed by atoms with Gasteiger partial charge in [-0.05, 0) is 46.0 Å². The molecule has 176 valence electrons. The summed E-state index contributed by atoms with van der Waals surface area (Å²) in [4.78, 5) is 7.01. The number of hydrogen-bond donors (Lipinski definition) is 5. The Labute approximate surface area is 177 Å². The summed E-state index contributed by atoms with van der Waals surface area (Å²) in [6, 6.07) is 0.552. The second kappa shape index (κ2) is 19.6. The summed E-state index contributed by atoms with van der Waals surface area (Å²) in [5, 5.41) is 46.0. The molecule has 2 unspecified atom stereocenters. The number of aliphatic hydroxyl groups excluding tert-OH is 5. The second-order valence-electron chi connectivity index (χ2n) is 7.92. The smallest absolute Gasteiger partial charge is 0.0443 e. The van der Waals surface area contributed by atoms with Crippen molar-refractivity contribution in [3.05, 3.63) is 0 Å². The molecule has 0 fully saturated rings. The zero-order valence-corrected chi connectivity index (χ0v) is 18.8. The van der Waals surface area contributed by atoms with E-state index < -0.39 is 0 Å². The van der Waals surface area contributed by atoms with Crippen LogP contribution in [0.3, 0.4) is 0 Å². The van der Waals surface area contributed by atoms with Gasteiger partial charge >= 0.3 is 0 Å². The van der Waals surface area contributed by atoms with Crippen LogP contribution >= 0.6 is 0 Å². The molecule has 0 heterocycles. The Balaban J connectivity index is 4.97. The lowest BCUT2D eigenvalue weighted by atomic mass is 10.1. The van der Waals surface area contributed by atoms with Crippen molar-refractivity contribution in [1.82, 2.24) is 14.7 Å². The van der Waals surface area contributed by atoms with Crippen LogP contribution < -0.4 is 0 Å². The minimum absolute atomic E-state index is 0.162. The number of rotatable bonds is 21. The molecule has 8 heteroatoms. The van der Waals surface area contributed by atoms with Crippen molar-refractivity contribution in [3.8, 4) is 0 Å². The molecule has 0 rings (SSSR count). The fourth-order valence-electron chi connectivity index (χ4n) is 3.69. The first kappa shape index (κ1) is 28.7. The number of hydrogen-bond acceptors (Lipinski definition) is 8. The molecular formula is C21H47N3O5. The van der Waals surface area contributed by atoms with Crippen LogP contribution in [-0.4, -0.2) is 131 Å². The Hall–Kier alpha value is -0.320. The van der Waals surface area contributed by atoms with Crippen molar-refractivity contribution in [3.63, 3.8) is 0 Å². The lowest BCUT2D eigenvalue weighted by Gasteiger charge is -2.38. The predicted octanol–water partition coefficient (Wildman–Crippen LogP) is -0.419. The van der Waals surface area contributed by atoms with Gasteiger partial charge in [-0.1, -0.05) is 0 Å². The third-order valence-corrected chi connectivity index (χ3v) is 5.34. The fourth-order valence-corrected chi connectivity index (χ4v) is 3.69. The molecule has 29 heavy (non-hydrogen) atoms. The molecule has 2 atom stereocenters. The van der Waals surface area contributed by atoms with Gasteiger partial charge in [0.15, 0.2) is 0 Å². The van der Waals surface area contributed by atoms with Crippen LogP contribution in [0.15, 0.2) is 0 Å². The van der Waals surface area contributed by atoms with Crippen LogP contribution in [0.1, 0.15) is 46.0 Å². The topological polar surface area (TPSA) is 111 Å². The largest absolute Gasteiger partial charge is 0.396 e. The first-order valence-electron chi connectivity index (χ1n) is 11.3. The number of nitrogens with zero attached hydrogens (tertiary/aromatic N) is 3. The molecule has 0 saturated heterocycles. The van der Waals surface area contributed by atoms with E-state index in [9.17, 15) is 15.3 Å². The highest BCUT2D eigenvalue weighted by Crippen LogP contribution is 2.11. The molecule has 0 amide bonds. The van der Waals surface area contributed by atoms with Gasteiger partial charge in [-0.2, -0.15) is 0 Å². The highest BCUT2D eigenvalue weighted by Gasteiger charge is 2.22. The minimum Gasteiger partial charge on any atom is -0.396 e. The van der Waals surface area contributed by atoms with E-state index in [1.165, 1.54) is 0 Å². The standard InChI is InChI=1S/C21H47N3O5/c1-20(18-22(8-3-13-25)9-4-14-26)24(12-7-17-29)19-21(2)23(10-5-15-27)11-6-16-28/h20-21,25-29H,3-19H2,1-2H3. The zero-order chi connectivity index (χ0) is 21.9. The summed E-state index contributed by atoms with van der Waals surface area (Å²) in [6.45, 7) is 10.9. The average Bonchev–Trinajstić information content (AvgIpc) is 2.72. The molecule has 0 aromatic rings. The van der Waals surface area contributed by atoms with Crippen molar-refractivity contribution in [2.24, 2.45) is 0 Å². The molecule has 0 bridgehead atoms. The SMILES string of the molecule is CC(CN(CCCO)C(C)CN(CCCO)CCCO)N(CCCO)CCCO. The van der Waals surface area contributed by atoms with E-state index in [0.29, 0.717) is 0 Å². The van der Waals surface area contributed by atoms with E-state index >= 15 is 0 Å². The summed E-state index contributed by atoms with van der Waals surface area (Å²) >= 11 is 0. The maximum Gasteiger partial charge on any atom is 0.0443 e. The molecule has 0 spiro atoms. The minimum atomic E-state index is 0.162. The Morgan fingerprint density at radius 1 is 0.483 bits per heavy atom. The maximum absolute atomic E-state index is 9.33. The molecule has 0 saturated carbocycles. The van der Waals surface area contributed by atoms with Crippen LogP contribution in [0.25, 0.3) is 0 Å². The quantitative estimate of drug-likeness (QED) is 0.170. The van der Waals surface area contributed by atoms with Crippen LogP contribution in [-0.2, 0) is 0 Å². The van der Waals surface area contributed by atoms with E-state index in [1.807, 2.05) is 0 Å². The van der Waals surface area contributed by atoms with Crippen molar-refractivity contribution < 1.29 is 25.5 Å². The second-order valence-corrected chi connectivity index (χ2v) is 7.92. The molecule has 0 radical (unpaired) electrons. The molecule has 0 aliphatic carbocycles. The van der Waals surface area contributed by atoms with Crippen molar-refractivity contribution >= 4 is 0 Å². The van der Waals surface area contributed by atoms with Crippen molar-refractivity contribution in [2.75, 3.05) is 78.8 Å². The first-order chi connectivity index (χ1) is 14.0. The van der Waals surface area contributed by atoms with Gasteiger partial charge in [0.1, 0.15) is 0 Å². The lowest BCUT2D eigenvalue weighted by Crippen LogP contribution is -2.50. The van der Waals surface area contributed by atoms with Gasteiger partial charge in [-0.15, -0.1) is 0 Å². The Morgan fingerprint density at radius 2 is 0.828 bits per heavy atom. The summed E-state index contributed by atoms with van der Waals surface area (Å²) in [5.74, 6) is 0. The van der Waals surface area contributed by atoms with Gasteiger partial charge in [-0.3, -0.25) is 9.80 Å². The van der Waals surface area contributed by atoms with Crippen molar-refractivity contribution in [1.29, 1.82) is 0 Å². The first-order valence-corrected chi connectivity index (χ1v) is 11.3. The monoisotopic (exact) mass is 421 g/mol. The maximum atomic E-state index is 9.33. The molecule has 0 aliphatic rings. The van der Waals surface area contributed by atoms with Gasteiger partial charge < -0.3 is 30.4 Å². The third kappa shape index (κ3) is 14.3. The van der Waals surface area contributed by atoms with E-state index in [1.54, 1.807) is 0 Å². The highest BCUT2D eigenvalue weighted by molar-refractivity contribution is 4.78. The Bertz CT molecular complexity index is 336. The fraction of sp³-hybridized carbons (Fsp3) is 1.00. The van der Waals surface area contributed by atoms with Crippen LogP contribution in [0.4, 0.5) is 0 Å². The summed E-state index contributed by atoms with van der Waals surface area (Å²) in [5.41, 5.74) is 0. The van der Waals surface area contributed by atoms with E-state index in [4.69, 9.17) is 10.2 Å². The Kier molecular flexibility index (Phi) is 19.4.